The van der Waals surface area contributed by atoms with Crippen LogP contribution in [0, 0.1) is 12.3 Å². The van der Waals surface area contributed by atoms with Gasteiger partial charge in [0.15, 0.2) is 16.3 Å². The number of hydrogen-bond acceptors (Lipinski definition) is 4. The first-order chi connectivity index (χ1) is 14.1. The van der Waals surface area contributed by atoms with Gasteiger partial charge in [-0.3, -0.25) is 4.79 Å². The molecule has 148 valence electrons. The zero-order valence-corrected chi connectivity index (χ0v) is 17.5. The standard InChI is InChI=1S/C23H22N2O3S/c1-5-13-25-18-10-7-16(6-2)15-21(18)29-23(25)24-22(26)12-9-17-8-11-19(27-3)20(14-17)28-4/h1,7-12,14-15H,6,13H2,2-4H3. The summed E-state index contributed by atoms with van der Waals surface area (Å²) in [4.78, 5) is 17.3. The fourth-order valence-electron chi connectivity index (χ4n) is 2.92. The van der Waals surface area contributed by atoms with E-state index in [1.807, 2.05) is 16.7 Å². The monoisotopic (exact) mass is 406 g/mol. The number of carbonyl (C=O) groups is 1. The summed E-state index contributed by atoms with van der Waals surface area (Å²) in [6.07, 6.45) is 9.60. The number of amides is 1. The fourth-order valence-corrected chi connectivity index (χ4v) is 4.02. The molecule has 0 atom stereocenters. The highest BCUT2D eigenvalue weighted by Crippen LogP contribution is 2.28. The van der Waals surface area contributed by atoms with E-state index >= 15 is 0 Å². The van der Waals surface area contributed by atoms with Crippen molar-refractivity contribution in [3.63, 3.8) is 0 Å². The van der Waals surface area contributed by atoms with Crippen molar-refractivity contribution in [2.45, 2.75) is 19.9 Å². The van der Waals surface area contributed by atoms with Gasteiger partial charge in [-0.1, -0.05) is 36.3 Å². The molecule has 1 heterocycles. The molecule has 0 unspecified atom stereocenters. The molecule has 0 N–H and O–H groups in total. The molecule has 3 rings (SSSR count). The van der Waals surface area contributed by atoms with Gasteiger partial charge in [-0.05, 0) is 47.9 Å². The van der Waals surface area contributed by atoms with Crippen LogP contribution in [0.2, 0.25) is 0 Å². The van der Waals surface area contributed by atoms with E-state index < -0.39 is 0 Å². The van der Waals surface area contributed by atoms with Crippen LogP contribution >= 0.6 is 11.3 Å². The largest absolute Gasteiger partial charge is 0.493 e. The third-order valence-corrected chi connectivity index (χ3v) is 5.48. The van der Waals surface area contributed by atoms with E-state index in [1.54, 1.807) is 32.4 Å². The number of terminal acetylenes is 1. The molecule has 0 saturated carbocycles. The average Bonchev–Trinajstić information content (AvgIpc) is 3.08. The van der Waals surface area contributed by atoms with Crippen molar-refractivity contribution in [3.05, 3.63) is 58.4 Å². The third-order valence-electron chi connectivity index (χ3n) is 4.44. The molecule has 0 bridgehead atoms. The van der Waals surface area contributed by atoms with Crippen LogP contribution < -0.4 is 14.3 Å². The smallest absolute Gasteiger partial charge is 0.272 e. The van der Waals surface area contributed by atoms with Crippen molar-refractivity contribution in [2.75, 3.05) is 14.2 Å². The maximum absolute atomic E-state index is 12.5. The van der Waals surface area contributed by atoms with Crippen molar-refractivity contribution in [1.82, 2.24) is 4.57 Å². The van der Waals surface area contributed by atoms with E-state index in [1.165, 1.54) is 23.0 Å². The average molecular weight is 407 g/mol. The topological polar surface area (TPSA) is 52.8 Å². The Labute approximate surface area is 173 Å². The number of ether oxygens (including phenoxy) is 2. The Kier molecular flexibility index (Phi) is 6.53. The SMILES string of the molecule is C#CCn1c(=NC(=O)C=Cc2ccc(OC)c(OC)c2)sc2cc(CC)ccc21. The highest BCUT2D eigenvalue weighted by molar-refractivity contribution is 7.16. The van der Waals surface area contributed by atoms with Crippen LogP contribution in [0.15, 0.2) is 47.5 Å². The van der Waals surface area contributed by atoms with Gasteiger partial charge in [0.25, 0.3) is 5.91 Å². The summed E-state index contributed by atoms with van der Waals surface area (Å²) in [6, 6.07) is 11.7. The second-order valence-electron chi connectivity index (χ2n) is 6.23. The predicted molar refractivity (Wildman–Crippen MR) is 117 cm³/mol. The molecule has 1 aromatic heterocycles. The zero-order valence-electron chi connectivity index (χ0n) is 16.6. The van der Waals surface area contributed by atoms with Crippen LogP contribution in [-0.4, -0.2) is 24.7 Å². The summed E-state index contributed by atoms with van der Waals surface area (Å²) in [5.74, 6) is 3.52. The molecule has 0 aliphatic heterocycles. The van der Waals surface area contributed by atoms with E-state index in [4.69, 9.17) is 15.9 Å². The lowest BCUT2D eigenvalue weighted by Gasteiger charge is -2.07. The predicted octanol–water partition coefficient (Wildman–Crippen LogP) is 4.06. The van der Waals surface area contributed by atoms with Crippen molar-refractivity contribution in [3.8, 4) is 23.8 Å². The van der Waals surface area contributed by atoms with Crippen LogP contribution in [0.3, 0.4) is 0 Å². The molecule has 6 heteroatoms. The second kappa shape index (κ2) is 9.26. The number of aryl methyl sites for hydroxylation is 1. The third kappa shape index (κ3) is 4.58. The normalized spacial score (nSPS) is 11.7. The number of hydrogen-bond donors (Lipinski definition) is 0. The molecule has 1 amide bonds. The first-order valence-electron chi connectivity index (χ1n) is 9.14. The van der Waals surface area contributed by atoms with Gasteiger partial charge in [0.1, 0.15) is 0 Å². The quantitative estimate of drug-likeness (QED) is 0.458. The number of fused-ring (bicyclic) bond motifs is 1. The van der Waals surface area contributed by atoms with Crippen molar-refractivity contribution >= 4 is 33.5 Å². The maximum atomic E-state index is 12.5. The van der Waals surface area contributed by atoms with Crippen LogP contribution in [0.4, 0.5) is 0 Å². The lowest BCUT2D eigenvalue weighted by atomic mass is 10.2. The molecule has 0 radical (unpaired) electrons. The van der Waals surface area contributed by atoms with E-state index in [2.05, 4.69) is 30.0 Å². The molecule has 2 aromatic carbocycles. The minimum atomic E-state index is -0.354. The van der Waals surface area contributed by atoms with Gasteiger partial charge < -0.3 is 14.0 Å². The molecule has 0 saturated heterocycles. The summed E-state index contributed by atoms with van der Waals surface area (Å²) >= 11 is 1.46. The number of nitrogens with zero attached hydrogens (tertiary/aromatic N) is 2. The molecular formula is C23H22N2O3S. The lowest BCUT2D eigenvalue weighted by Crippen LogP contribution is -2.15. The number of methoxy groups -OCH3 is 2. The summed E-state index contributed by atoms with van der Waals surface area (Å²) in [5.41, 5.74) is 3.03. The lowest BCUT2D eigenvalue weighted by molar-refractivity contribution is -0.113. The molecule has 29 heavy (non-hydrogen) atoms. The van der Waals surface area contributed by atoms with Crippen molar-refractivity contribution in [1.29, 1.82) is 0 Å². The maximum Gasteiger partial charge on any atom is 0.272 e. The first kappa shape index (κ1) is 20.4. The number of carbonyl (C=O) groups excluding carboxylic acids is 1. The van der Waals surface area contributed by atoms with Crippen LogP contribution in [0.1, 0.15) is 18.1 Å². The van der Waals surface area contributed by atoms with E-state index in [-0.39, 0.29) is 5.91 Å². The molecule has 0 aliphatic rings. The van der Waals surface area contributed by atoms with Gasteiger partial charge >= 0.3 is 0 Å². The zero-order chi connectivity index (χ0) is 20.8. The number of rotatable bonds is 6. The number of thiazole rings is 1. The summed E-state index contributed by atoms with van der Waals surface area (Å²) in [6.45, 7) is 2.47. The Bertz CT molecular complexity index is 1180. The Morgan fingerprint density at radius 2 is 2.00 bits per heavy atom. The highest BCUT2D eigenvalue weighted by Gasteiger charge is 2.07. The van der Waals surface area contributed by atoms with Crippen molar-refractivity contribution < 1.29 is 14.3 Å². The van der Waals surface area contributed by atoms with Gasteiger partial charge in [0, 0.05) is 6.08 Å². The van der Waals surface area contributed by atoms with E-state index in [0.29, 0.717) is 22.8 Å². The van der Waals surface area contributed by atoms with Gasteiger partial charge in [-0.15, -0.1) is 6.42 Å². The van der Waals surface area contributed by atoms with Crippen LogP contribution in [0.5, 0.6) is 11.5 Å². The van der Waals surface area contributed by atoms with Gasteiger partial charge in [-0.2, -0.15) is 4.99 Å². The van der Waals surface area contributed by atoms with E-state index in [0.717, 1.165) is 22.2 Å². The molecule has 0 spiro atoms. The van der Waals surface area contributed by atoms with Gasteiger partial charge in [0.05, 0.1) is 31.0 Å². The first-order valence-corrected chi connectivity index (χ1v) is 9.95. The van der Waals surface area contributed by atoms with Crippen molar-refractivity contribution in [2.24, 2.45) is 4.99 Å². The summed E-state index contributed by atoms with van der Waals surface area (Å²) < 4.78 is 13.5. The molecular weight excluding hydrogens is 384 g/mol. The summed E-state index contributed by atoms with van der Waals surface area (Å²) in [5, 5.41) is 0. The molecule has 3 aromatic rings. The minimum absolute atomic E-state index is 0.354. The Morgan fingerprint density at radius 1 is 1.21 bits per heavy atom. The fraction of sp³-hybridized carbons (Fsp3) is 0.217. The minimum Gasteiger partial charge on any atom is -0.493 e. The van der Waals surface area contributed by atoms with E-state index in [9.17, 15) is 4.79 Å². The second-order valence-corrected chi connectivity index (χ2v) is 7.24. The highest BCUT2D eigenvalue weighted by atomic mass is 32.1. The number of aromatic nitrogens is 1. The van der Waals surface area contributed by atoms with Gasteiger partial charge in [0.2, 0.25) is 0 Å². The Morgan fingerprint density at radius 3 is 2.69 bits per heavy atom. The van der Waals surface area contributed by atoms with Crippen LogP contribution in [-0.2, 0) is 17.8 Å². The molecule has 5 nitrogen and oxygen atoms in total. The Balaban J connectivity index is 1.94. The summed E-state index contributed by atoms with van der Waals surface area (Å²) in [7, 11) is 3.15. The molecule has 0 aliphatic carbocycles. The number of benzene rings is 2. The van der Waals surface area contributed by atoms with Crippen LogP contribution in [0.25, 0.3) is 16.3 Å². The Hall–Kier alpha value is -3.30. The molecule has 0 fully saturated rings. The van der Waals surface area contributed by atoms with Gasteiger partial charge in [-0.25, -0.2) is 0 Å².